The van der Waals surface area contributed by atoms with Gasteiger partial charge in [0.25, 0.3) is 0 Å². The number of fused-ring (bicyclic) bond motifs is 1. The van der Waals surface area contributed by atoms with Gasteiger partial charge in [0.15, 0.2) is 12.0 Å². The van der Waals surface area contributed by atoms with Gasteiger partial charge >= 0.3 is 0 Å². The number of likely N-dealkylation sites (tertiary alicyclic amines) is 1. The van der Waals surface area contributed by atoms with Crippen LogP contribution in [0.5, 0.6) is 11.5 Å². The highest BCUT2D eigenvalue weighted by Crippen LogP contribution is 2.26. The smallest absolute Gasteiger partial charge is 0.181 e. The Morgan fingerprint density at radius 1 is 1.03 bits per heavy atom. The molecule has 4 aromatic rings. The number of β-amino-alcohol motifs (C(OH)–C–C–N with tert-alkyl or cyclic N) is 1. The van der Waals surface area contributed by atoms with Crippen molar-refractivity contribution < 1.29 is 19.5 Å². The second kappa shape index (κ2) is 11.0. The molecule has 5 rings (SSSR count). The Morgan fingerprint density at radius 3 is 2.51 bits per heavy atom. The normalized spacial score (nSPS) is 14.3. The monoisotopic (exact) mass is 471 g/mol. The number of hydrogen-bond donors (Lipinski definition) is 2. The molecule has 0 saturated carbocycles. The number of anilines is 1. The van der Waals surface area contributed by atoms with E-state index < -0.39 is 5.60 Å². The van der Waals surface area contributed by atoms with Crippen LogP contribution in [0.4, 0.5) is 5.69 Å². The SMILES string of the molecule is CN1CC(O)(Cc2ccccc2)C1.COc1cc(NOc2cccc3cccnc23)ccc1C=O. The average molecular weight is 472 g/mol. The van der Waals surface area contributed by atoms with E-state index in [0.717, 1.165) is 36.7 Å². The molecule has 1 aliphatic rings. The fraction of sp³-hybridized carbons (Fsp3) is 0.214. The molecule has 0 unspecified atom stereocenters. The van der Waals surface area contributed by atoms with Crippen molar-refractivity contribution in [2.24, 2.45) is 0 Å². The molecule has 35 heavy (non-hydrogen) atoms. The van der Waals surface area contributed by atoms with Crippen molar-refractivity contribution in [3.63, 3.8) is 0 Å². The number of nitrogens with one attached hydrogen (secondary N) is 1. The summed E-state index contributed by atoms with van der Waals surface area (Å²) in [7, 11) is 3.54. The Labute approximate surface area is 204 Å². The summed E-state index contributed by atoms with van der Waals surface area (Å²) >= 11 is 0. The van der Waals surface area contributed by atoms with Crippen molar-refractivity contribution >= 4 is 22.9 Å². The van der Waals surface area contributed by atoms with Crippen molar-refractivity contribution in [2.45, 2.75) is 12.0 Å². The molecule has 1 aromatic heterocycles. The van der Waals surface area contributed by atoms with Gasteiger partial charge in [-0.05, 0) is 36.9 Å². The Kier molecular flexibility index (Phi) is 7.60. The zero-order valence-electron chi connectivity index (χ0n) is 19.8. The number of pyridine rings is 1. The number of methoxy groups -OCH3 is 1. The predicted octanol–water partition coefficient (Wildman–Crippen LogP) is 4.37. The van der Waals surface area contributed by atoms with Crippen molar-refractivity contribution in [1.82, 2.24) is 9.88 Å². The number of benzene rings is 3. The molecule has 1 fully saturated rings. The molecule has 3 aromatic carbocycles. The minimum Gasteiger partial charge on any atom is -0.496 e. The molecule has 1 saturated heterocycles. The summed E-state index contributed by atoms with van der Waals surface area (Å²) in [5.41, 5.74) is 5.52. The molecule has 7 nitrogen and oxygen atoms in total. The van der Waals surface area contributed by atoms with Gasteiger partial charge in [-0.15, -0.1) is 0 Å². The molecule has 0 amide bonds. The third kappa shape index (κ3) is 6.15. The molecule has 1 aliphatic heterocycles. The summed E-state index contributed by atoms with van der Waals surface area (Å²) in [5.74, 6) is 1.11. The lowest BCUT2D eigenvalue weighted by Crippen LogP contribution is -2.61. The number of nitrogens with zero attached hydrogens (tertiary/aromatic N) is 2. The second-order valence-electron chi connectivity index (χ2n) is 8.67. The number of likely N-dealkylation sites (N-methyl/N-ethyl adjacent to an activating group) is 1. The van der Waals surface area contributed by atoms with Crippen LogP contribution in [0.2, 0.25) is 0 Å². The lowest BCUT2D eigenvalue weighted by atomic mass is 9.88. The fourth-order valence-corrected chi connectivity index (χ4v) is 4.19. The van der Waals surface area contributed by atoms with E-state index >= 15 is 0 Å². The highest BCUT2D eigenvalue weighted by Gasteiger charge is 2.38. The first-order valence-electron chi connectivity index (χ1n) is 11.3. The number of aliphatic hydroxyl groups is 1. The maximum absolute atomic E-state index is 10.9. The van der Waals surface area contributed by atoms with Gasteiger partial charge in [-0.3, -0.25) is 9.78 Å². The minimum atomic E-state index is -0.476. The van der Waals surface area contributed by atoms with Gasteiger partial charge in [-0.1, -0.05) is 48.5 Å². The number of ether oxygens (including phenoxy) is 1. The standard InChI is InChI=1S/C17H14N2O3.C11H15NO/c1-21-16-10-14(8-7-13(16)11-20)19-22-15-6-2-4-12-5-3-9-18-17(12)15;1-12-8-11(13,9-12)7-10-5-3-2-4-6-10/h2-11,19H,1H3;2-6,13H,7-9H2,1H3. The van der Waals surface area contributed by atoms with Gasteiger partial charge in [0.1, 0.15) is 11.3 Å². The summed E-state index contributed by atoms with van der Waals surface area (Å²) in [6.45, 7) is 1.59. The zero-order chi connectivity index (χ0) is 24.7. The summed E-state index contributed by atoms with van der Waals surface area (Å²) < 4.78 is 5.16. The van der Waals surface area contributed by atoms with E-state index in [2.05, 4.69) is 27.5 Å². The van der Waals surface area contributed by atoms with Crippen LogP contribution in [-0.2, 0) is 6.42 Å². The van der Waals surface area contributed by atoms with Crippen LogP contribution in [0.1, 0.15) is 15.9 Å². The number of carbonyl (C=O) groups excluding carboxylic acids is 1. The lowest BCUT2D eigenvalue weighted by Gasteiger charge is -2.44. The highest BCUT2D eigenvalue weighted by molar-refractivity contribution is 5.84. The quantitative estimate of drug-likeness (QED) is 0.306. The Morgan fingerprint density at radius 2 is 1.80 bits per heavy atom. The number of hydrogen-bond acceptors (Lipinski definition) is 7. The van der Waals surface area contributed by atoms with Gasteiger partial charge in [-0.25, -0.2) is 5.48 Å². The van der Waals surface area contributed by atoms with Crippen molar-refractivity contribution in [2.75, 3.05) is 32.7 Å². The van der Waals surface area contributed by atoms with Gasteiger partial charge in [0.2, 0.25) is 0 Å². The molecule has 2 heterocycles. The summed E-state index contributed by atoms with van der Waals surface area (Å²) in [6, 6.07) is 24.8. The third-order valence-electron chi connectivity index (χ3n) is 5.74. The van der Waals surface area contributed by atoms with E-state index in [-0.39, 0.29) is 0 Å². The molecule has 0 bridgehead atoms. The number of aromatic nitrogens is 1. The van der Waals surface area contributed by atoms with E-state index in [0.29, 0.717) is 22.7 Å². The van der Waals surface area contributed by atoms with Crippen LogP contribution >= 0.6 is 0 Å². The van der Waals surface area contributed by atoms with E-state index in [1.165, 1.54) is 12.7 Å². The Hall–Kier alpha value is -3.94. The summed E-state index contributed by atoms with van der Waals surface area (Å²) in [6.07, 6.45) is 3.24. The Bertz CT molecular complexity index is 1270. The molecule has 2 N–H and O–H groups in total. The molecule has 0 radical (unpaired) electrons. The number of rotatable bonds is 7. The first-order valence-corrected chi connectivity index (χ1v) is 11.3. The van der Waals surface area contributed by atoms with Crippen LogP contribution in [0.25, 0.3) is 10.9 Å². The van der Waals surface area contributed by atoms with Crippen LogP contribution in [0.3, 0.4) is 0 Å². The second-order valence-corrected chi connectivity index (χ2v) is 8.67. The maximum Gasteiger partial charge on any atom is 0.181 e. The molecule has 0 aliphatic carbocycles. The molecule has 0 atom stereocenters. The van der Waals surface area contributed by atoms with Gasteiger partial charge in [0.05, 0.1) is 24.0 Å². The first-order chi connectivity index (χ1) is 17.0. The van der Waals surface area contributed by atoms with Gasteiger partial charge in [0, 0.05) is 37.2 Å². The average Bonchev–Trinajstić information content (AvgIpc) is 2.87. The minimum absolute atomic E-state index is 0.476. The molecular formula is C28H29N3O4. The predicted molar refractivity (Wildman–Crippen MR) is 137 cm³/mol. The fourth-order valence-electron chi connectivity index (χ4n) is 4.19. The number of carbonyl (C=O) groups is 1. The number of aldehydes is 1. The Balaban J connectivity index is 0.000000189. The highest BCUT2D eigenvalue weighted by atomic mass is 16.6. The van der Waals surface area contributed by atoms with E-state index in [4.69, 9.17) is 9.57 Å². The van der Waals surface area contributed by atoms with E-state index in [1.807, 2.05) is 55.6 Å². The first kappa shape index (κ1) is 24.2. The number of para-hydroxylation sites is 1. The summed E-state index contributed by atoms with van der Waals surface area (Å²) in [5, 5.41) is 11.0. The lowest BCUT2D eigenvalue weighted by molar-refractivity contribution is -0.0847. The summed E-state index contributed by atoms with van der Waals surface area (Å²) in [4.78, 5) is 23.0. The van der Waals surface area contributed by atoms with E-state index in [1.54, 1.807) is 24.4 Å². The van der Waals surface area contributed by atoms with Crippen molar-refractivity contribution in [3.8, 4) is 11.5 Å². The molecule has 7 heteroatoms. The van der Waals surface area contributed by atoms with Gasteiger partial charge < -0.3 is 19.6 Å². The third-order valence-corrected chi connectivity index (χ3v) is 5.74. The van der Waals surface area contributed by atoms with Gasteiger partial charge in [-0.2, -0.15) is 0 Å². The van der Waals surface area contributed by atoms with Crippen LogP contribution in [0, 0.1) is 0 Å². The molecule has 0 spiro atoms. The van der Waals surface area contributed by atoms with Crippen LogP contribution in [0.15, 0.2) is 85.1 Å². The van der Waals surface area contributed by atoms with E-state index in [9.17, 15) is 9.90 Å². The largest absolute Gasteiger partial charge is 0.496 e. The zero-order valence-corrected chi connectivity index (χ0v) is 19.8. The van der Waals surface area contributed by atoms with Crippen LogP contribution in [-0.4, -0.2) is 54.1 Å². The van der Waals surface area contributed by atoms with Crippen LogP contribution < -0.4 is 15.1 Å². The van der Waals surface area contributed by atoms with Crippen molar-refractivity contribution in [3.05, 3.63) is 96.2 Å². The molecular weight excluding hydrogens is 442 g/mol. The topological polar surface area (TPSA) is 83.9 Å². The van der Waals surface area contributed by atoms with Crippen molar-refractivity contribution in [1.29, 1.82) is 0 Å². The molecule has 180 valence electrons. The maximum atomic E-state index is 10.9.